The van der Waals surface area contributed by atoms with E-state index >= 15 is 4.39 Å². The van der Waals surface area contributed by atoms with E-state index in [-0.39, 0.29) is 29.0 Å². The van der Waals surface area contributed by atoms with E-state index in [4.69, 9.17) is 9.47 Å². The van der Waals surface area contributed by atoms with E-state index in [1.54, 1.807) is 38.1 Å². The second kappa shape index (κ2) is 9.29. The average molecular weight is 494 g/mol. The maximum absolute atomic E-state index is 15.6. The fourth-order valence-electron chi connectivity index (χ4n) is 3.31. The number of nitrogens with zero attached hydrogens (tertiary/aromatic N) is 6. The molecule has 0 amide bonds. The first-order valence-electron chi connectivity index (χ1n) is 10.2. The van der Waals surface area contributed by atoms with Gasteiger partial charge in [0, 0.05) is 6.54 Å². The molecular formula is C21H18F4N6O4. The Bertz CT molecular complexity index is 1450. The van der Waals surface area contributed by atoms with Crippen molar-refractivity contribution in [3.63, 3.8) is 0 Å². The van der Waals surface area contributed by atoms with Crippen molar-refractivity contribution in [1.29, 1.82) is 0 Å². The molecule has 4 aromatic rings. The zero-order valence-electron chi connectivity index (χ0n) is 18.4. The number of rotatable bonds is 7. The zero-order valence-corrected chi connectivity index (χ0v) is 18.4. The topological polar surface area (TPSA) is 117 Å². The van der Waals surface area contributed by atoms with Gasteiger partial charge in [-0.1, -0.05) is 18.2 Å². The van der Waals surface area contributed by atoms with E-state index in [0.717, 1.165) is 10.8 Å². The monoisotopic (exact) mass is 494 g/mol. The van der Waals surface area contributed by atoms with Gasteiger partial charge in [0.05, 0.1) is 11.6 Å². The van der Waals surface area contributed by atoms with E-state index in [1.165, 1.54) is 0 Å². The number of hydrogen-bond acceptors (Lipinski definition) is 8. The lowest BCUT2D eigenvalue weighted by molar-refractivity contribution is -0.153. The lowest BCUT2D eigenvalue weighted by atomic mass is 10.2. The molecule has 0 aliphatic rings. The van der Waals surface area contributed by atoms with E-state index in [1.807, 2.05) is 0 Å². The summed E-state index contributed by atoms with van der Waals surface area (Å²) in [5.74, 6) is -2.71. The van der Waals surface area contributed by atoms with Crippen molar-refractivity contribution in [2.24, 2.45) is 0 Å². The second-order valence-electron chi connectivity index (χ2n) is 7.28. The number of para-hydroxylation sites is 1. The van der Waals surface area contributed by atoms with Crippen LogP contribution in [-0.4, -0.2) is 47.4 Å². The Kier molecular flexibility index (Phi) is 6.39. The molecule has 184 valence electrons. The maximum atomic E-state index is 15.6. The summed E-state index contributed by atoms with van der Waals surface area (Å²) in [6, 6.07) is 6.71. The standard InChI is InChI=1S/C21H18F4N6O4/c1-3-30-14(9-32)29-31(20(30)33)17-16(22)12-8-26-28-19(35-13-7-5-4-6-11(13)2)15(12)18(27-17)34-10-21(23,24)25/h4-8,32H,3,9-10H2,1-2H3. The molecule has 0 unspecified atom stereocenters. The Morgan fingerprint density at radius 3 is 2.54 bits per heavy atom. The zero-order chi connectivity index (χ0) is 25.3. The lowest BCUT2D eigenvalue weighted by Gasteiger charge is -2.15. The molecule has 0 fully saturated rings. The van der Waals surface area contributed by atoms with Crippen LogP contribution in [0.1, 0.15) is 18.3 Å². The fourth-order valence-corrected chi connectivity index (χ4v) is 3.31. The Labute approximate surface area is 194 Å². The summed E-state index contributed by atoms with van der Waals surface area (Å²) in [6.45, 7) is 1.02. The number of benzene rings is 1. The van der Waals surface area contributed by atoms with Crippen LogP contribution in [0.5, 0.6) is 17.5 Å². The van der Waals surface area contributed by atoms with E-state index in [9.17, 15) is 23.1 Å². The fraction of sp³-hybridized carbons (Fsp3) is 0.286. The Morgan fingerprint density at radius 1 is 1.17 bits per heavy atom. The number of fused-ring (bicyclic) bond motifs is 1. The minimum Gasteiger partial charge on any atom is -0.467 e. The maximum Gasteiger partial charge on any atom is 0.422 e. The van der Waals surface area contributed by atoms with Gasteiger partial charge >= 0.3 is 11.9 Å². The van der Waals surface area contributed by atoms with Crippen molar-refractivity contribution in [3.05, 3.63) is 58.2 Å². The number of alkyl halides is 3. The van der Waals surface area contributed by atoms with Crippen LogP contribution in [0.15, 0.2) is 35.3 Å². The van der Waals surface area contributed by atoms with Crippen molar-refractivity contribution in [3.8, 4) is 23.3 Å². The van der Waals surface area contributed by atoms with Gasteiger partial charge in [-0.05, 0) is 25.5 Å². The average Bonchev–Trinajstić information content (AvgIpc) is 3.15. The molecule has 1 N–H and O–H groups in total. The third kappa shape index (κ3) is 4.64. The number of halogens is 4. The van der Waals surface area contributed by atoms with Crippen molar-refractivity contribution < 1.29 is 32.1 Å². The molecule has 0 saturated heterocycles. The summed E-state index contributed by atoms with van der Waals surface area (Å²) >= 11 is 0. The molecule has 0 saturated carbocycles. The predicted octanol–water partition coefficient (Wildman–Crippen LogP) is 3.07. The van der Waals surface area contributed by atoms with Gasteiger partial charge in [-0.2, -0.15) is 27.9 Å². The summed E-state index contributed by atoms with van der Waals surface area (Å²) in [5.41, 5.74) is -0.190. The van der Waals surface area contributed by atoms with Crippen LogP contribution < -0.4 is 15.2 Å². The number of aryl methyl sites for hydroxylation is 1. The summed E-state index contributed by atoms with van der Waals surface area (Å²) < 4.78 is 66.7. The van der Waals surface area contributed by atoms with Crippen LogP contribution in [0.25, 0.3) is 16.6 Å². The van der Waals surface area contributed by atoms with Gasteiger partial charge in [-0.15, -0.1) is 10.2 Å². The first-order valence-corrected chi connectivity index (χ1v) is 10.2. The number of hydrogen-bond donors (Lipinski definition) is 1. The molecule has 35 heavy (non-hydrogen) atoms. The van der Waals surface area contributed by atoms with Crippen LogP contribution >= 0.6 is 0 Å². The van der Waals surface area contributed by atoms with Crippen LogP contribution in [0.4, 0.5) is 17.6 Å². The number of aromatic nitrogens is 6. The molecule has 14 heteroatoms. The Hall–Kier alpha value is -4.07. The summed E-state index contributed by atoms with van der Waals surface area (Å²) in [7, 11) is 0. The van der Waals surface area contributed by atoms with Gasteiger partial charge in [0.1, 0.15) is 17.7 Å². The third-order valence-electron chi connectivity index (χ3n) is 4.94. The molecule has 0 bridgehead atoms. The molecule has 1 aromatic carbocycles. The van der Waals surface area contributed by atoms with Crippen molar-refractivity contribution in [1.82, 2.24) is 29.5 Å². The van der Waals surface area contributed by atoms with Gasteiger partial charge in [-0.3, -0.25) is 4.57 Å². The van der Waals surface area contributed by atoms with Crippen LogP contribution in [0, 0.1) is 12.7 Å². The first-order chi connectivity index (χ1) is 16.6. The van der Waals surface area contributed by atoms with Crippen LogP contribution in [-0.2, 0) is 13.2 Å². The molecular weight excluding hydrogens is 476 g/mol. The molecule has 0 aliphatic heterocycles. The number of aliphatic hydroxyl groups excluding tert-OH is 1. The van der Waals surface area contributed by atoms with Crippen molar-refractivity contribution in [2.75, 3.05) is 6.61 Å². The second-order valence-corrected chi connectivity index (χ2v) is 7.28. The molecule has 0 radical (unpaired) electrons. The highest BCUT2D eigenvalue weighted by molar-refractivity contribution is 5.92. The van der Waals surface area contributed by atoms with Crippen LogP contribution in [0.2, 0.25) is 0 Å². The number of ether oxygens (including phenoxy) is 2. The van der Waals surface area contributed by atoms with Crippen molar-refractivity contribution in [2.45, 2.75) is 33.2 Å². The molecule has 3 heterocycles. The van der Waals surface area contributed by atoms with Gasteiger partial charge in [0.25, 0.3) is 5.88 Å². The van der Waals surface area contributed by atoms with Gasteiger partial charge in [-0.25, -0.2) is 9.18 Å². The lowest BCUT2D eigenvalue weighted by Crippen LogP contribution is -2.26. The third-order valence-corrected chi connectivity index (χ3v) is 4.94. The van der Waals surface area contributed by atoms with Crippen molar-refractivity contribution >= 4 is 10.8 Å². The van der Waals surface area contributed by atoms with Gasteiger partial charge < -0.3 is 14.6 Å². The summed E-state index contributed by atoms with van der Waals surface area (Å²) in [5, 5.41) is 20.1. The highest BCUT2D eigenvalue weighted by Crippen LogP contribution is 2.37. The molecule has 0 atom stereocenters. The quantitative estimate of drug-likeness (QED) is 0.390. The number of aliphatic hydroxyl groups is 1. The minimum atomic E-state index is -4.75. The molecule has 0 spiro atoms. The summed E-state index contributed by atoms with van der Waals surface area (Å²) in [6.07, 6.45) is -3.81. The van der Waals surface area contributed by atoms with E-state index in [2.05, 4.69) is 20.3 Å². The highest BCUT2D eigenvalue weighted by atomic mass is 19.4. The first kappa shape index (κ1) is 24.1. The summed E-state index contributed by atoms with van der Waals surface area (Å²) in [4.78, 5) is 16.6. The number of pyridine rings is 1. The molecule has 4 rings (SSSR count). The molecule has 10 nitrogen and oxygen atoms in total. The van der Waals surface area contributed by atoms with Gasteiger partial charge in [0.15, 0.2) is 24.1 Å². The van der Waals surface area contributed by atoms with E-state index in [0.29, 0.717) is 16.0 Å². The molecule has 0 aliphatic carbocycles. The van der Waals surface area contributed by atoms with Gasteiger partial charge in [0.2, 0.25) is 5.88 Å². The smallest absolute Gasteiger partial charge is 0.422 e. The van der Waals surface area contributed by atoms with Crippen LogP contribution in [0.3, 0.4) is 0 Å². The predicted molar refractivity (Wildman–Crippen MR) is 113 cm³/mol. The minimum absolute atomic E-state index is 0.0898. The van der Waals surface area contributed by atoms with E-state index < -0.39 is 42.6 Å². The molecule has 3 aromatic heterocycles. The highest BCUT2D eigenvalue weighted by Gasteiger charge is 2.31. The largest absolute Gasteiger partial charge is 0.467 e. The Balaban J connectivity index is 1.97. The Morgan fingerprint density at radius 2 is 1.91 bits per heavy atom. The SMILES string of the molecule is CCn1c(CO)nn(-c2nc(OCC(F)(F)F)c3c(Oc4ccccc4C)nncc3c2F)c1=O. The normalized spacial score (nSPS) is 11.7.